The van der Waals surface area contributed by atoms with Crippen LogP contribution in [0.2, 0.25) is 0 Å². The summed E-state index contributed by atoms with van der Waals surface area (Å²) in [5.74, 6) is 0.607. The Morgan fingerprint density at radius 2 is 2.00 bits per heavy atom. The Kier molecular flexibility index (Phi) is 5.69. The number of hydrogen-bond donors (Lipinski definition) is 1. The molecule has 1 atom stereocenters. The van der Waals surface area contributed by atoms with E-state index in [9.17, 15) is 4.79 Å². The van der Waals surface area contributed by atoms with Crippen molar-refractivity contribution < 1.29 is 9.53 Å². The number of benzene rings is 1. The van der Waals surface area contributed by atoms with Gasteiger partial charge >= 0.3 is 5.97 Å². The number of rotatable bonds is 6. The Balaban J connectivity index is 2.30. The van der Waals surface area contributed by atoms with E-state index in [2.05, 4.69) is 35.9 Å². The highest BCUT2D eigenvalue weighted by molar-refractivity contribution is 7.99. The van der Waals surface area contributed by atoms with E-state index < -0.39 is 5.54 Å². The maximum absolute atomic E-state index is 11.4. The first-order valence-electron chi connectivity index (χ1n) is 6.02. The minimum absolute atomic E-state index is 0.345. The van der Waals surface area contributed by atoms with Crippen LogP contribution in [0, 0.1) is 6.92 Å². The second-order valence-electron chi connectivity index (χ2n) is 4.67. The van der Waals surface area contributed by atoms with E-state index in [4.69, 9.17) is 5.73 Å². The Hall–Kier alpha value is -1.00. The molecule has 0 aliphatic rings. The molecular formula is C14H21NO2S. The SMILES string of the molecule is COC(=O)C(C)(N)CCCSc1ccc(C)cc1. The van der Waals surface area contributed by atoms with Crippen molar-refractivity contribution in [2.45, 2.75) is 37.1 Å². The Bertz CT molecular complexity index is 387. The molecule has 4 heteroatoms. The number of thioether (sulfide) groups is 1. The summed E-state index contributed by atoms with van der Waals surface area (Å²) >= 11 is 1.78. The quantitative estimate of drug-likeness (QED) is 0.489. The molecule has 0 spiro atoms. The molecule has 0 fully saturated rings. The highest BCUT2D eigenvalue weighted by atomic mass is 32.2. The Morgan fingerprint density at radius 1 is 1.39 bits per heavy atom. The third-order valence-corrected chi connectivity index (χ3v) is 3.88. The van der Waals surface area contributed by atoms with Gasteiger partial charge in [-0.25, -0.2) is 0 Å². The molecule has 1 aromatic rings. The molecule has 1 unspecified atom stereocenters. The molecule has 0 heterocycles. The van der Waals surface area contributed by atoms with Crippen molar-refractivity contribution in [3.8, 4) is 0 Å². The van der Waals surface area contributed by atoms with Crippen molar-refractivity contribution in [2.24, 2.45) is 5.73 Å². The summed E-state index contributed by atoms with van der Waals surface area (Å²) in [6, 6.07) is 8.43. The lowest BCUT2D eigenvalue weighted by Gasteiger charge is -2.20. The zero-order valence-corrected chi connectivity index (χ0v) is 12.0. The van der Waals surface area contributed by atoms with Crippen LogP contribution in [0.5, 0.6) is 0 Å². The minimum atomic E-state index is -0.872. The van der Waals surface area contributed by atoms with Crippen LogP contribution in [0.15, 0.2) is 29.2 Å². The summed E-state index contributed by atoms with van der Waals surface area (Å²) < 4.78 is 4.67. The molecule has 100 valence electrons. The first-order valence-corrected chi connectivity index (χ1v) is 7.01. The van der Waals surface area contributed by atoms with Crippen LogP contribution >= 0.6 is 11.8 Å². The summed E-state index contributed by atoms with van der Waals surface area (Å²) in [7, 11) is 1.37. The van der Waals surface area contributed by atoms with E-state index in [1.165, 1.54) is 17.6 Å². The monoisotopic (exact) mass is 267 g/mol. The van der Waals surface area contributed by atoms with Crippen LogP contribution in [0.4, 0.5) is 0 Å². The normalized spacial score (nSPS) is 14.0. The van der Waals surface area contributed by atoms with Crippen molar-refractivity contribution >= 4 is 17.7 Å². The van der Waals surface area contributed by atoms with E-state index in [0.717, 1.165) is 12.2 Å². The number of hydrogen-bond acceptors (Lipinski definition) is 4. The molecule has 0 aromatic heterocycles. The van der Waals surface area contributed by atoms with Gasteiger partial charge in [-0.1, -0.05) is 17.7 Å². The molecule has 1 rings (SSSR count). The zero-order chi connectivity index (χ0) is 13.6. The molecule has 0 saturated heterocycles. The molecule has 0 radical (unpaired) electrons. The second kappa shape index (κ2) is 6.81. The molecule has 1 aromatic carbocycles. The van der Waals surface area contributed by atoms with Gasteiger partial charge in [0.15, 0.2) is 0 Å². The average molecular weight is 267 g/mol. The lowest BCUT2D eigenvalue weighted by molar-refractivity contribution is -0.146. The van der Waals surface area contributed by atoms with E-state index in [-0.39, 0.29) is 5.97 Å². The molecule has 0 bridgehead atoms. The largest absolute Gasteiger partial charge is 0.468 e. The van der Waals surface area contributed by atoms with Gasteiger partial charge in [0.2, 0.25) is 0 Å². The van der Waals surface area contributed by atoms with Crippen molar-refractivity contribution in [2.75, 3.05) is 12.9 Å². The van der Waals surface area contributed by atoms with E-state index in [0.29, 0.717) is 6.42 Å². The van der Waals surface area contributed by atoms with Crippen molar-refractivity contribution in [1.82, 2.24) is 0 Å². The maximum Gasteiger partial charge on any atom is 0.325 e. The minimum Gasteiger partial charge on any atom is -0.468 e. The van der Waals surface area contributed by atoms with Gasteiger partial charge in [0, 0.05) is 4.90 Å². The number of methoxy groups -OCH3 is 1. The van der Waals surface area contributed by atoms with Gasteiger partial charge in [-0.3, -0.25) is 4.79 Å². The fraction of sp³-hybridized carbons (Fsp3) is 0.500. The molecule has 0 aliphatic carbocycles. The first-order chi connectivity index (χ1) is 8.45. The summed E-state index contributed by atoms with van der Waals surface area (Å²) in [5, 5.41) is 0. The summed E-state index contributed by atoms with van der Waals surface area (Å²) in [6.07, 6.45) is 1.53. The van der Waals surface area contributed by atoms with Crippen LogP contribution in [-0.2, 0) is 9.53 Å². The Labute approximate surface area is 113 Å². The highest BCUT2D eigenvalue weighted by Crippen LogP contribution is 2.21. The standard InChI is InChI=1S/C14H21NO2S/c1-11-5-7-12(8-6-11)18-10-4-9-14(2,15)13(16)17-3/h5-8H,4,9-10,15H2,1-3H3. The number of aryl methyl sites for hydroxylation is 1. The van der Waals surface area contributed by atoms with Crippen LogP contribution in [0.1, 0.15) is 25.3 Å². The Morgan fingerprint density at radius 3 is 2.56 bits per heavy atom. The van der Waals surface area contributed by atoms with Gasteiger partial charge in [0.05, 0.1) is 7.11 Å². The van der Waals surface area contributed by atoms with Crippen LogP contribution in [0.25, 0.3) is 0 Å². The molecule has 0 saturated carbocycles. The molecule has 2 N–H and O–H groups in total. The van der Waals surface area contributed by atoms with Crippen LogP contribution in [0.3, 0.4) is 0 Å². The highest BCUT2D eigenvalue weighted by Gasteiger charge is 2.28. The topological polar surface area (TPSA) is 52.3 Å². The molecule has 0 aliphatic heterocycles. The van der Waals surface area contributed by atoms with Gasteiger partial charge < -0.3 is 10.5 Å². The fourth-order valence-electron chi connectivity index (χ4n) is 1.60. The number of carbonyl (C=O) groups excluding carboxylic acids is 1. The first kappa shape index (κ1) is 15.1. The maximum atomic E-state index is 11.4. The second-order valence-corrected chi connectivity index (χ2v) is 5.84. The van der Waals surface area contributed by atoms with Crippen LogP contribution in [-0.4, -0.2) is 24.4 Å². The van der Waals surface area contributed by atoms with Crippen LogP contribution < -0.4 is 5.73 Å². The van der Waals surface area contributed by atoms with Crippen molar-refractivity contribution in [3.63, 3.8) is 0 Å². The number of nitrogens with two attached hydrogens (primary N) is 1. The zero-order valence-electron chi connectivity index (χ0n) is 11.2. The number of esters is 1. The molecule has 3 nitrogen and oxygen atoms in total. The summed E-state index contributed by atoms with van der Waals surface area (Å²) in [5.41, 5.74) is 6.28. The molecule has 0 amide bonds. The summed E-state index contributed by atoms with van der Waals surface area (Å²) in [6.45, 7) is 3.79. The third kappa shape index (κ3) is 4.70. The van der Waals surface area contributed by atoms with Gasteiger partial charge in [-0.2, -0.15) is 0 Å². The predicted molar refractivity (Wildman–Crippen MR) is 75.7 cm³/mol. The summed E-state index contributed by atoms with van der Waals surface area (Å²) in [4.78, 5) is 12.6. The lowest BCUT2D eigenvalue weighted by Crippen LogP contribution is -2.45. The van der Waals surface area contributed by atoms with Gasteiger partial charge in [0.25, 0.3) is 0 Å². The average Bonchev–Trinajstić information content (AvgIpc) is 2.35. The predicted octanol–water partition coefficient (Wildman–Crippen LogP) is 2.76. The van der Waals surface area contributed by atoms with Gasteiger partial charge in [-0.15, -0.1) is 11.8 Å². The van der Waals surface area contributed by atoms with Gasteiger partial charge in [0.1, 0.15) is 5.54 Å². The smallest absolute Gasteiger partial charge is 0.325 e. The molecular weight excluding hydrogens is 246 g/mol. The number of carbonyl (C=O) groups is 1. The van der Waals surface area contributed by atoms with E-state index >= 15 is 0 Å². The fourth-order valence-corrected chi connectivity index (χ4v) is 2.45. The van der Waals surface area contributed by atoms with E-state index in [1.807, 2.05) is 0 Å². The van der Waals surface area contributed by atoms with E-state index in [1.54, 1.807) is 18.7 Å². The van der Waals surface area contributed by atoms with Crippen molar-refractivity contribution in [3.05, 3.63) is 29.8 Å². The van der Waals surface area contributed by atoms with Gasteiger partial charge in [-0.05, 0) is 44.6 Å². The third-order valence-electron chi connectivity index (χ3n) is 2.78. The number of ether oxygens (including phenoxy) is 1. The molecule has 18 heavy (non-hydrogen) atoms. The van der Waals surface area contributed by atoms with Crippen molar-refractivity contribution in [1.29, 1.82) is 0 Å². The lowest BCUT2D eigenvalue weighted by atomic mass is 9.98.